The number of nitrogens with two attached hydrogens (primary N) is 2. The number of aromatic nitrogens is 2. The second kappa shape index (κ2) is 8.28. The van der Waals surface area contributed by atoms with Gasteiger partial charge in [-0.25, -0.2) is 9.78 Å². The van der Waals surface area contributed by atoms with Crippen molar-refractivity contribution in [2.45, 2.75) is 37.8 Å². The molecule has 0 saturated carbocycles. The van der Waals surface area contributed by atoms with Gasteiger partial charge in [0.25, 0.3) is 0 Å². The highest BCUT2D eigenvalue weighted by Crippen LogP contribution is 2.02. The van der Waals surface area contributed by atoms with Crippen molar-refractivity contribution in [3.05, 3.63) is 18.2 Å². The molecule has 0 spiro atoms. The number of carboxylic acid groups (broad SMARTS) is 1. The first kappa shape index (κ1) is 16.1. The second-order valence-corrected chi connectivity index (χ2v) is 4.57. The molecule has 7 N–H and O–H groups in total. The quantitative estimate of drug-likeness (QED) is 0.366. The summed E-state index contributed by atoms with van der Waals surface area (Å²) in [6, 6.07) is -1.74. The Morgan fingerprint density at radius 2 is 2.20 bits per heavy atom. The van der Waals surface area contributed by atoms with Crippen LogP contribution in [0.3, 0.4) is 0 Å². The van der Waals surface area contributed by atoms with Gasteiger partial charge in [0.05, 0.1) is 12.4 Å². The van der Waals surface area contributed by atoms with Gasteiger partial charge in [-0.1, -0.05) is 6.42 Å². The molecule has 20 heavy (non-hydrogen) atoms. The Hall–Kier alpha value is -1.93. The highest BCUT2D eigenvalue weighted by atomic mass is 16.4. The fourth-order valence-electron chi connectivity index (χ4n) is 1.73. The van der Waals surface area contributed by atoms with Crippen molar-refractivity contribution < 1.29 is 14.7 Å². The number of amides is 1. The lowest BCUT2D eigenvalue weighted by Crippen LogP contribution is -2.49. The van der Waals surface area contributed by atoms with Gasteiger partial charge in [0.1, 0.15) is 6.04 Å². The number of hydrogen-bond donors (Lipinski definition) is 5. The number of nitrogens with one attached hydrogen (secondary N) is 2. The summed E-state index contributed by atoms with van der Waals surface area (Å²) in [5, 5.41) is 11.5. The molecular weight excluding hydrogens is 262 g/mol. The highest BCUT2D eigenvalue weighted by Gasteiger charge is 2.23. The summed E-state index contributed by atoms with van der Waals surface area (Å²) in [7, 11) is 0. The first-order valence-electron chi connectivity index (χ1n) is 6.50. The second-order valence-electron chi connectivity index (χ2n) is 4.57. The summed E-state index contributed by atoms with van der Waals surface area (Å²) in [5.74, 6) is -1.57. The van der Waals surface area contributed by atoms with Crippen LogP contribution < -0.4 is 16.8 Å². The Kier molecular flexibility index (Phi) is 6.68. The molecule has 0 saturated heterocycles. The molecule has 1 amide bonds. The van der Waals surface area contributed by atoms with E-state index in [1.54, 1.807) is 0 Å². The zero-order valence-electron chi connectivity index (χ0n) is 11.2. The summed E-state index contributed by atoms with van der Waals surface area (Å²) in [6.45, 7) is 0.548. The van der Waals surface area contributed by atoms with E-state index in [-0.39, 0.29) is 6.42 Å². The van der Waals surface area contributed by atoms with Crippen LogP contribution in [0, 0.1) is 0 Å². The number of H-pyrrole nitrogens is 1. The van der Waals surface area contributed by atoms with E-state index in [1.165, 1.54) is 12.5 Å². The number of nitrogens with zero attached hydrogens (tertiary/aromatic N) is 1. The maximum atomic E-state index is 11.8. The van der Waals surface area contributed by atoms with Crippen LogP contribution in [-0.2, 0) is 16.0 Å². The van der Waals surface area contributed by atoms with E-state index in [0.29, 0.717) is 18.7 Å². The SMILES string of the molecule is NCCCC[C@H](N)C(=O)N[C@H](Cc1cnc[nH]1)C(=O)O. The number of aliphatic carboxylic acids is 1. The van der Waals surface area contributed by atoms with Crippen molar-refractivity contribution in [3.8, 4) is 0 Å². The fraction of sp³-hybridized carbons (Fsp3) is 0.583. The molecule has 0 aliphatic carbocycles. The first-order chi connectivity index (χ1) is 9.54. The maximum absolute atomic E-state index is 11.8. The van der Waals surface area contributed by atoms with E-state index >= 15 is 0 Å². The number of aromatic amines is 1. The molecule has 0 fully saturated rings. The highest BCUT2D eigenvalue weighted by molar-refractivity contribution is 5.86. The molecule has 1 aromatic heterocycles. The van der Waals surface area contributed by atoms with Crippen molar-refractivity contribution in [2.24, 2.45) is 11.5 Å². The molecule has 8 nitrogen and oxygen atoms in total. The van der Waals surface area contributed by atoms with Gasteiger partial charge < -0.3 is 26.9 Å². The zero-order chi connectivity index (χ0) is 15.0. The molecule has 0 radical (unpaired) electrons. The molecule has 0 aromatic carbocycles. The lowest BCUT2D eigenvalue weighted by Gasteiger charge is -2.17. The molecule has 0 bridgehead atoms. The summed E-state index contributed by atoms with van der Waals surface area (Å²) >= 11 is 0. The van der Waals surface area contributed by atoms with E-state index < -0.39 is 24.0 Å². The molecule has 112 valence electrons. The fourth-order valence-corrected chi connectivity index (χ4v) is 1.73. The molecule has 1 aromatic rings. The van der Waals surface area contributed by atoms with Crippen LogP contribution in [0.4, 0.5) is 0 Å². The normalized spacial score (nSPS) is 13.7. The Labute approximate surface area is 116 Å². The minimum atomic E-state index is -1.11. The van der Waals surface area contributed by atoms with Gasteiger partial charge in [0.2, 0.25) is 5.91 Å². The zero-order valence-corrected chi connectivity index (χ0v) is 11.2. The summed E-state index contributed by atoms with van der Waals surface area (Å²) < 4.78 is 0. The van der Waals surface area contributed by atoms with Gasteiger partial charge >= 0.3 is 5.97 Å². The molecule has 2 atom stereocenters. The number of carbonyl (C=O) groups excluding carboxylic acids is 1. The molecule has 1 rings (SSSR count). The number of rotatable bonds is 9. The van der Waals surface area contributed by atoms with E-state index in [0.717, 1.165) is 12.8 Å². The van der Waals surface area contributed by atoms with Crippen molar-refractivity contribution in [3.63, 3.8) is 0 Å². The van der Waals surface area contributed by atoms with Crippen molar-refractivity contribution in [1.29, 1.82) is 0 Å². The third-order valence-corrected chi connectivity index (χ3v) is 2.90. The third-order valence-electron chi connectivity index (χ3n) is 2.90. The van der Waals surface area contributed by atoms with Gasteiger partial charge in [-0.15, -0.1) is 0 Å². The van der Waals surface area contributed by atoms with Crippen LogP contribution in [-0.4, -0.2) is 45.6 Å². The van der Waals surface area contributed by atoms with Crippen LogP contribution in [0.5, 0.6) is 0 Å². The molecular formula is C12H21N5O3. The van der Waals surface area contributed by atoms with Crippen LogP contribution >= 0.6 is 0 Å². The van der Waals surface area contributed by atoms with Crippen LogP contribution in [0.25, 0.3) is 0 Å². The van der Waals surface area contributed by atoms with Gasteiger partial charge in [0.15, 0.2) is 0 Å². The number of carboxylic acids is 1. The van der Waals surface area contributed by atoms with Gasteiger partial charge in [-0.2, -0.15) is 0 Å². The van der Waals surface area contributed by atoms with Gasteiger partial charge in [0, 0.05) is 18.3 Å². The molecule has 0 aliphatic rings. The van der Waals surface area contributed by atoms with Crippen LogP contribution in [0.15, 0.2) is 12.5 Å². The minimum absolute atomic E-state index is 0.136. The Bertz CT molecular complexity index is 421. The first-order valence-corrected chi connectivity index (χ1v) is 6.50. The van der Waals surface area contributed by atoms with E-state index in [9.17, 15) is 9.59 Å². The third kappa shape index (κ3) is 5.37. The van der Waals surface area contributed by atoms with Crippen molar-refractivity contribution >= 4 is 11.9 Å². The molecule has 8 heteroatoms. The summed E-state index contributed by atoms with van der Waals surface area (Å²) in [4.78, 5) is 29.6. The lowest BCUT2D eigenvalue weighted by molar-refractivity contribution is -0.142. The predicted octanol–water partition coefficient (Wildman–Crippen LogP) is -1.02. The van der Waals surface area contributed by atoms with Crippen molar-refractivity contribution in [1.82, 2.24) is 15.3 Å². The Morgan fingerprint density at radius 1 is 1.45 bits per heavy atom. The van der Waals surface area contributed by atoms with Crippen LogP contribution in [0.1, 0.15) is 25.0 Å². The van der Waals surface area contributed by atoms with Gasteiger partial charge in [-0.3, -0.25) is 4.79 Å². The molecule has 1 heterocycles. The standard InChI is InChI=1S/C12H21N5O3/c13-4-2-1-3-9(14)11(18)17-10(12(19)20)5-8-6-15-7-16-8/h6-7,9-10H,1-5,13-14H2,(H,15,16)(H,17,18)(H,19,20)/t9-,10+/m0/s1. The Balaban J connectivity index is 2.48. The average molecular weight is 283 g/mol. The number of unbranched alkanes of at least 4 members (excludes halogenated alkanes) is 1. The summed E-state index contributed by atoms with van der Waals surface area (Å²) in [5.41, 5.74) is 11.7. The maximum Gasteiger partial charge on any atom is 0.326 e. The topological polar surface area (TPSA) is 147 Å². The van der Waals surface area contributed by atoms with E-state index in [2.05, 4.69) is 15.3 Å². The van der Waals surface area contributed by atoms with E-state index in [4.69, 9.17) is 16.6 Å². The number of hydrogen-bond acceptors (Lipinski definition) is 5. The smallest absolute Gasteiger partial charge is 0.326 e. The minimum Gasteiger partial charge on any atom is -0.480 e. The largest absolute Gasteiger partial charge is 0.480 e. The van der Waals surface area contributed by atoms with Gasteiger partial charge in [-0.05, 0) is 19.4 Å². The number of carbonyl (C=O) groups is 2. The summed E-state index contributed by atoms with van der Waals surface area (Å²) in [6.07, 6.45) is 5.12. The average Bonchev–Trinajstić information content (AvgIpc) is 2.90. The van der Waals surface area contributed by atoms with Crippen LogP contribution in [0.2, 0.25) is 0 Å². The Morgan fingerprint density at radius 3 is 2.75 bits per heavy atom. The molecule has 0 unspecified atom stereocenters. The molecule has 0 aliphatic heterocycles. The number of imidazole rings is 1. The monoisotopic (exact) mass is 283 g/mol. The van der Waals surface area contributed by atoms with Crippen molar-refractivity contribution in [2.75, 3.05) is 6.54 Å². The lowest BCUT2D eigenvalue weighted by atomic mass is 10.1. The predicted molar refractivity (Wildman–Crippen MR) is 72.7 cm³/mol. The van der Waals surface area contributed by atoms with E-state index in [1.807, 2.05) is 0 Å².